The molecule has 142 valence electrons. The van der Waals surface area contributed by atoms with Crippen LogP contribution in [0, 0.1) is 5.95 Å². The largest absolute Gasteiger partial charge is 0.336 e. The highest BCUT2D eigenvalue weighted by atomic mass is 19.1. The Kier molecular flexibility index (Phi) is 4.92. The molecule has 1 aliphatic heterocycles. The molecule has 3 aromatic rings. The summed E-state index contributed by atoms with van der Waals surface area (Å²) in [6.45, 7) is 4.28. The molecular formula is C20H24FN5O. The van der Waals surface area contributed by atoms with E-state index in [1.54, 1.807) is 29.3 Å². The molecule has 1 aliphatic rings. The average molecular weight is 369 g/mol. The molecule has 0 aromatic carbocycles. The molecule has 0 N–H and O–H groups in total. The minimum Gasteiger partial charge on any atom is -0.336 e. The van der Waals surface area contributed by atoms with Gasteiger partial charge in [-0.05, 0) is 31.4 Å². The smallest absolute Gasteiger partial charge is 0.277 e. The van der Waals surface area contributed by atoms with Crippen LogP contribution in [0.15, 0.2) is 36.8 Å². The van der Waals surface area contributed by atoms with Gasteiger partial charge in [-0.1, -0.05) is 19.4 Å². The molecule has 0 aliphatic carbocycles. The van der Waals surface area contributed by atoms with Crippen molar-refractivity contribution in [3.8, 4) is 0 Å². The molecule has 0 bridgehead atoms. The minimum absolute atomic E-state index is 0.101. The number of carbonyl (C=O) groups excluding carboxylic acids is 1. The molecule has 1 saturated heterocycles. The van der Waals surface area contributed by atoms with E-state index in [1.165, 1.54) is 4.40 Å². The number of fused-ring (bicyclic) bond motifs is 1. The zero-order chi connectivity index (χ0) is 18.8. The summed E-state index contributed by atoms with van der Waals surface area (Å²) in [6, 6.07) is 5.20. The van der Waals surface area contributed by atoms with Crippen LogP contribution in [0.25, 0.3) is 5.65 Å². The van der Waals surface area contributed by atoms with E-state index in [1.807, 2.05) is 12.4 Å². The van der Waals surface area contributed by atoms with Gasteiger partial charge in [-0.2, -0.15) is 4.39 Å². The van der Waals surface area contributed by atoms with Crippen LogP contribution in [0.2, 0.25) is 0 Å². The Morgan fingerprint density at radius 2 is 2.22 bits per heavy atom. The number of rotatable bonds is 5. The van der Waals surface area contributed by atoms with Gasteiger partial charge in [0.2, 0.25) is 5.95 Å². The van der Waals surface area contributed by atoms with Gasteiger partial charge in [0, 0.05) is 44.1 Å². The number of aryl methyl sites for hydroxylation is 1. The zero-order valence-electron chi connectivity index (χ0n) is 15.5. The third-order valence-electron chi connectivity index (χ3n) is 5.25. The number of hydrogen-bond donors (Lipinski definition) is 0. The Morgan fingerprint density at radius 3 is 3.04 bits per heavy atom. The topological polar surface area (TPSA) is 55.4 Å². The lowest BCUT2D eigenvalue weighted by Gasteiger charge is -2.32. The first-order valence-electron chi connectivity index (χ1n) is 9.62. The molecular weight excluding hydrogens is 345 g/mol. The standard InChI is InChI=1S/C20H24FN5O/c1-2-3-10-24-13-9-22-19(24)15-7-6-11-25(14-15)20(27)17-18(21)26-12-5-4-8-16(26)23-17/h4-5,8-9,12-13,15H,2-3,6-7,10-11,14H2,1H3. The molecule has 1 amide bonds. The van der Waals surface area contributed by atoms with E-state index in [0.29, 0.717) is 18.7 Å². The molecule has 0 spiro atoms. The maximum absolute atomic E-state index is 14.6. The number of amides is 1. The fourth-order valence-corrected chi connectivity index (χ4v) is 3.82. The summed E-state index contributed by atoms with van der Waals surface area (Å²) >= 11 is 0. The average Bonchev–Trinajstić information content (AvgIpc) is 3.31. The highest BCUT2D eigenvalue weighted by molar-refractivity contribution is 5.93. The second kappa shape index (κ2) is 7.50. The summed E-state index contributed by atoms with van der Waals surface area (Å²) in [5.41, 5.74) is 0.346. The van der Waals surface area contributed by atoms with Crippen molar-refractivity contribution >= 4 is 11.6 Å². The van der Waals surface area contributed by atoms with Gasteiger partial charge >= 0.3 is 0 Å². The molecule has 4 rings (SSSR count). The van der Waals surface area contributed by atoms with Crippen LogP contribution >= 0.6 is 0 Å². The first kappa shape index (κ1) is 17.7. The molecule has 6 nitrogen and oxygen atoms in total. The van der Waals surface area contributed by atoms with Crippen molar-refractivity contribution in [2.24, 2.45) is 0 Å². The van der Waals surface area contributed by atoms with Crippen molar-refractivity contribution in [1.29, 1.82) is 0 Å². The van der Waals surface area contributed by atoms with Crippen molar-refractivity contribution in [1.82, 2.24) is 23.8 Å². The van der Waals surface area contributed by atoms with Gasteiger partial charge < -0.3 is 9.47 Å². The number of likely N-dealkylation sites (tertiary alicyclic amines) is 1. The van der Waals surface area contributed by atoms with E-state index >= 15 is 0 Å². The van der Waals surface area contributed by atoms with E-state index < -0.39 is 5.95 Å². The molecule has 0 saturated carbocycles. The van der Waals surface area contributed by atoms with Crippen LogP contribution in [0.4, 0.5) is 4.39 Å². The number of hydrogen-bond acceptors (Lipinski definition) is 3. The van der Waals surface area contributed by atoms with Crippen LogP contribution in [-0.2, 0) is 6.54 Å². The Hall–Kier alpha value is -2.70. The van der Waals surface area contributed by atoms with E-state index in [2.05, 4.69) is 21.5 Å². The van der Waals surface area contributed by atoms with Crippen molar-refractivity contribution in [2.75, 3.05) is 13.1 Å². The number of pyridine rings is 1. The predicted octanol–water partition coefficient (Wildman–Crippen LogP) is 3.49. The highest BCUT2D eigenvalue weighted by Gasteiger charge is 2.31. The van der Waals surface area contributed by atoms with Crippen LogP contribution in [0.3, 0.4) is 0 Å². The van der Waals surface area contributed by atoms with E-state index in [0.717, 1.165) is 38.1 Å². The van der Waals surface area contributed by atoms with Crippen LogP contribution < -0.4 is 0 Å². The Balaban J connectivity index is 1.55. The number of aromatic nitrogens is 4. The molecule has 1 fully saturated rings. The van der Waals surface area contributed by atoms with Crippen LogP contribution in [-0.4, -0.2) is 42.8 Å². The Labute approximate surface area is 157 Å². The summed E-state index contributed by atoms with van der Waals surface area (Å²) in [4.78, 5) is 23.4. The summed E-state index contributed by atoms with van der Waals surface area (Å²) in [5, 5.41) is 0. The van der Waals surface area contributed by atoms with Crippen molar-refractivity contribution in [3.63, 3.8) is 0 Å². The summed E-state index contributed by atoms with van der Waals surface area (Å²) < 4.78 is 18.1. The Morgan fingerprint density at radius 1 is 1.33 bits per heavy atom. The van der Waals surface area contributed by atoms with Crippen LogP contribution in [0.1, 0.15) is 54.8 Å². The molecule has 4 heterocycles. The predicted molar refractivity (Wildman–Crippen MR) is 100 cm³/mol. The molecule has 27 heavy (non-hydrogen) atoms. The van der Waals surface area contributed by atoms with Gasteiger partial charge in [-0.15, -0.1) is 0 Å². The number of carbonyl (C=O) groups is 1. The second-order valence-corrected chi connectivity index (χ2v) is 7.10. The molecule has 7 heteroatoms. The van der Waals surface area contributed by atoms with Gasteiger partial charge in [-0.25, -0.2) is 9.97 Å². The van der Waals surface area contributed by atoms with Gasteiger partial charge in [-0.3, -0.25) is 9.20 Å². The number of nitrogens with zero attached hydrogens (tertiary/aromatic N) is 5. The van der Waals surface area contributed by atoms with Gasteiger partial charge in [0.05, 0.1) is 0 Å². The number of imidazole rings is 2. The van der Waals surface area contributed by atoms with Gasteiger partial charge in [0.15, 0.2) is 5.69 Å². The fraction of sp³-hybridized carbons (Fsp3) is 0.450. The first-order valence-corrected chi connectivity index (χ1v) is 9.62. The number of unbranched alkanes of at least 4 members (excludes halogenated alkanes) is 1. The lowest BCUT2D eigenvalue weighted by Crippen LogP contribution is -2.40. The normalized spacial score (nSPS) is 17.6. The van der Waals surface area contributed by atoms with E-state index in [4.69, 9.17) is 0 Å². The maximum Gasteiger partial charge on any atom is 0.277 e. The minimum atomic E-state index is -0.595. The fourth-order valence-electron chi connectivity index (χ4n) is 3.82. The van der Waals surface area contributed by atoms with E-state index in [-0.39, 0.29) is 17.5 Å². The lowest BCUT2D eigenvalue weighted by atomic mass is 9.96. The maximum atomic E-state index is 14.6. The van der Waals surface area contributed by atoms with Crippen LogP contribution in [0.5, 0.6) is 0 Å². The lowest BCUT2D eigenvalue weighted by molar-refractivity contribution is 0.0692. The summed E-state index contributed by atoms with van der Waals surface area (Å²) in [6.07, 6.45) is 9.51. The van der Waals surface area contributed by atoms with Crippen molar-refractivity contribution in [3.05, 3.63) is 54.3 Å². The molecule has 1 atom stereocenters. The zero-order valence-corrected chi connectivity index (χ0v) is 15.5. The quantitative estimate of drug-likeness (QED) is 0.692. The molecule has 1 unspecified atom stereocenters. The third kappa shape index (κ3) is 3.34. The summed E-state index contributed by atoms with van der Waals surface area (Å²) in [7, 11) is 0. The monoisotopic (exact) mass is 369 g/mol. The highest BCUT2D eigenvalue weighted by Crippen LogP contribution is 2.27. The van der Waals surface area contributed by atoms with Gasteiger partial charge in [0.25, 0.3) is 5.91 Å². The first-order chi connectivity index (χ1) is 13.2. The van der Waals surface area contributed by atoms with E-state index in [9.17, 15) is 9.18 Å². The summed E-state index contributed by atoms with van der Waals surface area (Å²) in [5.74, 6) is 0.265. The molecule has 3 aromatic heterocycles. The molecule has 0 radical (unpaired) electrons. The number of halogens is 1. The van der Waals surface area contributed by atoms with Crippen molar-refractivity contribution in [2.45, 2.75) is 45.1 Å². The number of piperidine rings is 1. The van der Waals surface area contributed by atoms with Crippen molar-refractivity contribution < 1.29 is 9.18 Å². The Bertz CT molecular complexity index is 947. The SMILES string of the molecule is CCCCn1ccnc1C1CCCN(C(=O)c2nc3ccccn3c2F)C1. The van der Waals surface area contributed by atoms with Gasteiger partial charge in [0.1, 0.15) is 11.5 Å². The third-order valence-corrected chi connectivity index (χ3v) is 5.25. The second-order valence-electron chi connectivity index (χ2n) is 7.10.